The largest absolute Gasteiger partial charge is 0.441 e. The normalized spacial score (nSPS) is 16.4. The molecule has 22 heavy (non-hydrogen) atoms. The molecule has 2 heterocycles. The maximum atomic E-state index is 11.4. The number of aromatic nitrogens is 1. The Kier molecular flexibility index (Phi) is 4.45. The smallest absolute Gasteiger partial charge is 0.226 e. The molecule has 0 bridgehead atoms. The second-order valence-corrected chi connectivity index (χ2v) is 5.84. The van der Waals surface area contributed by atoms with Crippen LogP contribution < -0.4 is 5.32 Å². The summed E-state index contributed by atoms with van der Waals surface area (Å²) in [6.07, 6.45) is 0.526. The third kappa shape index (κ3) is 3.48. The molecule has 0 saturated carbocycles. The van der Waals surface area contributed by atoms with E-state index in [4.69, 9.17) is 16.0 Å². The number of aryl methyl sites for hydroxylation is 1. The fourth-order valence-electron chi connectivity index (χ4n) is 2.50. The summed E-state index contributed by atoms with van der Waals surface area (Å²) in [6, 6.07) is 7.46. The number of nitrogens with one attached hydrogen (secondary N) is 1. The van der Waals surface area contributed by atoms with Gasteiger partial charge in [-0.2, -0.15) is 0 Å². The molecule has 5 nitrogen and oxygen atoms in total. The van der Waals surface area contributed by atoms with Gasteiger partial charge in [0, 0.05) is 43.2 Å². The van der Waals surface area contributed by atoms with Crippen LogP contribution in [-0.2, 0) is 11.3 Å². The van der Waals surface area contributed by atoms with Crippen molar-refractivity contribution in [1.29, 1.82) is 0 Å². The van der Waals surface area contributed by atoms with Crippen molar-refractivity contribution < 1.29 is 9.21 Å². The maximum Gasteiger partial charge on any atom is 0.226 e. The predicted molar refractivity (Wildman–Crippen MR) is 84.6 cm³/mol. The molecule has 116 valence electrons. The molecule has 0 aliphatic carbocycles. The van der Waals surface area contributed by atoms with Crippen LogP contribution in [0.5, 0.6) is 0 Å². The quantitative estimate of drug-likeness (QED) is 0.945. The molecule has 1 aliphatic heterocycles. The van der Waals surface area contributed by atoms with Crippen molar-refractivity contribution in [3.63, 3.8) is 0 Å². The van der Waals surface area contributed by atoms with Crippen molar-refractivity contribution in [1.82, 2.24) is 15.2 Å². The zero-order valence-corrected chi connectivity index (χ0v) is 13.2. The van der Waals surface area contributed by atoms with Gasteiger partial charge < -0.3 is 9.73 Å². The molecular formula is C16H18ClN3O2. The van der Waals surface area contributed by atoms with E-state index in [1.54, 1.807) is 0 Å². The SMILES string of the molecule is Cc1oc(-c2cccc(Cl)c2)nc1CN1CCNC(=O)CC1. The van der Waals surface area contributed by atoms with Crippen LogP contribution >= 0.6 is 11.6 Å². The Hall–Kier alpha value is -1.85. The molecule has 1 saturated heterocycles. The Morgan fingerprint density at radius 3 is 3.09 bits per heavy atom. The van der Waals surface area contributed by atoms with Gasteiger partial charge in [-0.05, 0) is 25.1 Å². The molecule has 6 heteroatoms. The number of rotatable bonds is 3. The Morgan fingerprint density at radius 1 is 1.41 bits per heavy atom. The number of carbonyl (C=O) groups excluding carboxylic acids is 1. The van der Waals surface area contributed by atoms with Gasteiger partial charge in [0.05, 0.1) is 5.69 Å². The van der Waals surface area contributed by atoms with E-state index in [0.29, 0.717) is 30.4 Å². The number of amides is 1. The van der Waals surface area contributed by atoms with Crippen molar-refractivity contribution in [2.75, 3.05) is 19.6 Å². The minimum atomic E-state index is 0.110. The summed E-state index contributed by atoms with van der Waals surface area (Å²) in [5.41, 5.74) is 1.78. The number of hydrogen-bond donors (Lipinski definition) is 1. The van der Waals surface area contributed by atoms with Gasteiger partial charge in [-0.1, -0.05) is 17.7 Å². The first-order valence-electron chi connectivity index (χ1n) is 7.33. The van der Waals surface area contributed by atoms with Gasteiger partial charge in [0.25, 0.3) is 0 Å². The van der Waals surface area contributed by atoms with Crippen LogP contribution in [0.2, 0.25) is 5.02 Å². The molecule has 0 spiro atoms. The van der Waals surface area contributed by atoms with E-state index in [2.05, 4.69) is 15.2 Å². The van der Waals surface area contributed by atoms with Crippen molar-refractivity contribution >= 4 is 17.5 Å². The van der Waals surface area contributed by atoms with E-state index >= 15 is 0 Å². The summed E-state index contributed by atoms with van der Waals surface area (Å²) in [5.74, 6) is 1.50. The summed E-state index contributed by atoms with van der Waals surface area (Å²) < 4.78 is 5.77. The Morgan fingerprint density at radius 2 is 2.27 bits per heavy atom. The third-order valence-corrected chi connectivity index (χ3v) is 3.98. The molecule has 1 fully saturated rings. The topological polar surface area (TPSA) is 58.4 Å². The lowest BCUT2D eigenvalue weighted by Gasteiger charge is -2.17. The van der Waals surface area contributed by atoms with Crippen molar-refractivity contribution in [3.05, 3.63) is 40.7 Å². The number of benzene rings is 1. The fraction of sp³-hybridized carbons (Fsp3) is 0.375. The highest BCUT2D eigenvalue weighted by atomic mass is 35.5. The molecule has 1 N–H and O–H groups in total. The molecule has 1 aliphatic rings. The number of nitrogens with zero attached hydrogens (tertiary/aromatic N) is 2. The Labute approximate surface area is 134 Å². The monoisotopic (exact) mass is 319 g/mol. The first-order chi connectivity index (χ1) is 10.6. The standard InChI is InChI=1S/C16H18ClN3O2/c1-11-14(10-20-7-5-15(21)18-6-8-20)19-16(22-11)12-3-2-4-13(17)9-12/h2-4,9H,5-8,10H2,1H3,(H,18,21). The third-order valence-electron chi connectivity index (χ3n) is 3.74. The lowest BCUT2D eigenvalue weighted by Crippen LogP contribution is -2.28. The van der Waals surface area contributed by atoms with Crippen molar-refractivity contribution in [2.24, 2.45) is 0 Å². The van der Waals surface area contributed by atoms with Crippen LogP contribution in [0.4, 0.5) is 0 Å². The van der Waals surface area contributed by atoms with E-state index in [1.165, 1.54) is 0 Å². The van der Waals surface area contributed by atoms with Crippen LogP contribution in [0.25, 0.3) is 11.5 Å². The molecule has 2 aromatic rings. The number of halogens is 1. The van der Waals surface area contributed by atoms with E-state index in [-0.39, 0.29) is 5.91 Å². The van der Waals surface area contributed by atoms with Crippen LogP contribution in [-0.4, -0.2) is 35.4 Å². The number of oxazole rings is 1. The first-order valence-corrected chi connectivity index (χ1v) is 7.71. The van der Waals surface area contributed by atoms with Crippen molar-refractivity contribution in [2.45, 2.75) is 19.9 Å². The molecule has 1 amide bonds. The molecule has 3 rings (SSSR count). The Balaban J connectivity index is 1.76. The molecule has 1 aromatic carbocycles. The van der Waals surface area contributed by atoms with Gasteiger partial charge in [-0.3, -0.25) is 9.69 Å². The highest BCUT2D eigenvalue weighted by molar-refractivity contribution is 6.30. The Bertz CT molecular complexity index is 684. The first kappa shape index (κ1) is 15.1. The van der Waals surface area contributed by atoms with Crippen molar-refractivity contribution in [3.8, 4) is 11.5 Å². The molecular weight excluding hydrogens is 302 g/mol. The van der Waals surface area contributed by atoms with Crippen LogP contribution in [0, 0.1) is 6.92 Å². The van der Waals surface area contributed by atoms with Crippen LogP contribution in [0.1, 0.15) is 17.9 Å². The van der Waals surface area contributed by atoms with E-state index in [9.17, 15) is 4.79 Å². The van der Waals surface area contributed by atoms with Gasteiger partial charge in [0.15, 0.2) is 0 Å². The zero-order valence-electron chi connectivity index (χ0n) is 12.4. The summed E-state index contributed by atoms with van der Waals surface area (Å²) in [7, 11) is 0. The minimum absolute atomic E-state index is 0.110. The second kappa shape index (κ2) is 6.50. The van der Waals surface area contributed by atoms with Gasteiger partial charge in [-0.15, -0.1) is 0 Å². The second-order valence-electron chi connectivity index (χ2n) is 5.41. The molecule has 1 aromatic heterocycles. The molecule has 0 atom stereocenters. The maximum absolute atomic E-state index is 11.4. The molecule has 0 unspecified atom stereocenters. The highest BCUT2D eigenvalue weighted by Crippen LogP contribution is 2.25. The minimum Gasteiger partial charge on any atom is -0.441 e. The predicted octanol–water partition coefficient (Wildman–Crippen LogP) is 2.63. The lowest BCUT2D eigenvalue weighted by atomic mass is 10.2. The lowest BCUT2D eigenvalue weighted by molar-refractivity contribution is -0.120. The van der Waals surface area contributed by atoms with Gasteiger partial charge in [0.2, 0.25) is 11.8 Å². The van der Waals surface area contributed by atoms with Crippen LogP contribution in [0.3, 0.4) is 0 Å². The van der Waals surface area contributed by atoms with E-state index in [1.807, 2.05) is 31.2 Å². The summed E-state index contributed by atoms with van der Waals surface area (Å²) in [4.78, 5) is 18.2. The fourth-order valence-corrected chi connectivity index (χ4v) is 2.69. The highest BCUT2D eigenvalue weighted by Gasteiger charge is 2.18. The zero-order chi connectivity index (χ0) is 15.5. The van der Waals surface area contributed by atoms with Gasteiger partial charge in [-0.25, -0.2) is 4.98 Å². The van der Waals surface area contributed by atoms with Gasteiger partial charge in [0.1, 0.15) is 5.76 Å². The summed E-state index contributed by atoms with van der Waals surface area (Å²) in [6.45, 7) is 4.84. The number of hydrogen-bond acceptors (Lipinski definition) is 4. The summed E-state index contributed by atoms with van der Waals surface area (Å²) >= 11 is 6.01. The van der Waals surface area contributed by atoms with E-state index < -0.39 is 0 Å². The molecule has 0 radical (unpaired) electrons. The number of carbonyl (C=O) groups is 1. The average molecular weight is 320 g/mol. The average Bonchev–Trinajstić information content (AvgIpc) is 2.72. The van der Waals surface area contributed by atoms with Crippen LogP contribution in [0.15, 0.2) is 28.7 Å². The van der Waals surface area contributed by atoms with Gasteiger partial charge >= 0.3 is 0 Å². The van der Waals surface area contributed by atoms with E-state index in [0.717, 1.165) is 30.1 Å². The summed E-state index contributed by atoms with van der Waals surface area (Å²) in [5, 5.41) is 3.53.